The van der Waals surface area contributed by atoms with Crippen LogP contribution >= 0.6 is 0 Å². The van der Waals surface area contributed by atoms with Gasteiger partial charge >= 0.3 is 0 Å². The van der Waals surface area contributed by atoms with Crippen molar-refractivity contribution in [3.8, 4) is 0 Å². The summed E-state index contributed by atoms with van der Waals surface area (Å²) in [6.45, 7) is 15.2. The first-order valence-electron chi connectivity index (χ1n) is 17.9. The van der Waals surface area contributed by atoms with Gasteiger partial charge in [-0.25, -0.2) is 0 Å². The Morgan fingerprint density at radius 3 is 2.32 bits per heavy atom. The number of hydrogen-bond acceptors (Lipinski definition) is 9. The van der Waals surface area contributed by atoms with Crippen molar-refractivity contribution in [2.45, 2.75) is 142 Å². The third-order valence-corrected chi connectivity index (χ3v) is 14.3. The molecule has 0 aromatic heterocycles. The van der Waals surface area contributed by atoms with Gasteiger partial charge in [0.2, 0.25) is 0 Å². The Bertz CT molecular complexity index is 1200. The van der Waals surface area contributed by atoms with E-state index >= 15 is 0 Å². The van der Waals surface area contributed by atoms with E-state index in [1.807, 2.05) is 0 Å². The lowest BCUT2D eigenvalue weighted by atomic mass is 9.38. The standard InChI is InChI=1S/C38H62O9/c1-22(11-10-15-34(2,3)45-9)23-14-16-37(7)32-26(44-8)19-25-24(38(32,21-40)18-17-36(23,37)6)12-13-28(35(25,4)5)47-33-31(43)30(42)29(41)27(20-39)46-33/h10,15,19,21-24,26-33,39,41-43H,11-14,16-18,20H2,1-9H3/b15-10+/t22-,23-,24-,26+,27-,28+,29-,30+,31-,32+,33+,36-,37+,38-/m1/s1. The second-order valence-electron chi connectivity index (χ2n) is 17.1. The minimum Gasteiger partial charge on any atom is -0.394 e. The lowest BCUT2D eigenvalue weighted by Crippen LogP contribution is -2.65. The zero-order valence-corrected chi connectivity index (χ0v) is 30.1. The van der Waals surface area contributed by atoms with Crippen LogP contribution in [0.4, 0.5) is 0 Å². The van der Waals surface area contributed by atoms with Crippen molar-refractivity contribution in [3.63, 3.8) is 0 Å². The molecule has 0 radical (unpaired) electrons. The van der Waals surface area contributed by atoms with E-state index in [9.17, 15) is 25.2 Å². The molecule has 268 valence electrons. The number of aliphatic hydroxyl groups excluding tert-OH is 4. The number of allylic oxidation sites excluding steroid dienone is 1. The topological polar surface area (TPSA) is 135 Å². The van der Waals surface area contributed by atoms with Gasteiger partial charge in [0.15, 0.2) is 6.29 Å². The van der Waals surface area contributed by atoms with Crippen LogP contribution in [0.3, 0.4) is 0 Å². The number of fused-ring (bicyclic) bond motifs is 5. The molecule has 3 saturated carbocycles. The predicted molar refractivity (Wildman–Crippen MR) is 178 cm³/mol. The molecule has 0 unspecified atom stereocenters. The van der Waals surface area contributed by atoms with Gasteiger partial charge in [-0.3, -0.25) is 0 Å². The number of carbonyl (C=O) groups excluding carboxylic acids is 1. The van der Waals surface area contributed by atoms with Crippen molar-refractivity contribution < 1.29 is 44.2 Å². The molecule has 0 aromatic rings. The Morgan fingerprint density at radius 2 is 1.70 bits per heavy atom. The lowest BCUT2D eigenvalue weighted by molar-refractivity contribution is -0.320. The quantitative estimate of drug-likeness (QED) is 0.196. The van der Waals surface area contributed by atoms with E-state index in [0.29, 0.717) is 18.3 Å². The fourth-order valence-electron chi connectivity index (χ4n) is 11.1. The van der Waals surface area contributed by atoms with Crippen molar-refractivity contribution >= 4 is 6.29 Å². The van der Waals surface area contributed by atoms with Crippen molar-refractivity contribution in [1.82, 2.24) is 0 Å². The van der Waals surface area contributed by atoms with E-state index in [-0.39, 0.29) is 40.5 Å². The van der Waals surface area contributed by atoms with Gasteiger partial charge in [0.1, 0.15) is 30.7 Å². The van der Waals surface area contributed by atoms with Crippen molar-refractivity contribution in [2.75, 3.05) is 20.8 Å². The molecule has 4 fully saturated rings. The molecule has 9 nitrogen and oxygen atoms in total. The number of hydrogen-bond donors (Lipinski definition) is 4. The average Bonchev–Trinajstić information content (AvgIpc) is 3.32. The number of carbonyl (C=O) groups is 1. The highest BCUT2D eigenvalue weighted by Gasteiger charge is 2.71. The molecule has 1 aliphatic heterocycles. The fraction of sp³-hybridized carbons (Fsp3) is 0.868. The van der Waals surface area contributed by atoms with Crippen LogP contribution < -0.4 is 0 Å². The maximum Gasteiger partial charge on any atom is 0.187 e. The average molecular weight is 663 g/mol. The normalized spacial score (nSPS) is 47.1. The molecular formula is C38H62O9. The Morgan fingerprint density at radius 1 is 1.00 bits per heavy atom. The minimum atomic E-state index is -1.50. The third-order valence-electron chi connectivity index (χ3n) is 14.3. The summed E-state index contributed by atoms with van der Waals surface area (Å²) >= 11 is 0. The summed E-state index contributed by atoms with van der Waals surface area (Å²) in [6, 6.07) is 0. The van der Waals surface area contributed by atoms with Crippen molar-refractivity contribution in [2.24, 2.45) is 45.3 Å². The largest absolute Gasteiger partial charge is 0.394 e. The SMILES string of the molecule is CO[C@H]1C=C2[C@@H](CC[C@H](O[C@@H]3O[C@H](CO)[C@@H](O)[C@H](O)[C@H]3O)C2(C)C)[C@]2(C=O)CC[C@]3(C)[C@@H]([C@H](C)C/C=C/C(C)(C)OC)CC[C@@]3(C)[C@H]12. The molecule has 47 heavy (non-hydrogen) atoms. The number of aliphatic hydroxyl groups is 4. The molecule has 14 atom stereocenters. The summed E-state index contributed by atoms with van der Waals surface area (Å²) in [6.07, 6.45) is 7.15. The molecule has 1 heterocycles. The van der Waals surface area contributed by atoms with Gasteiger partial charge in [0.05, 0.1) is 24.4 Å². The van der Waals surface area contributed by atoms with Gasteiger partial charge in [-0.15, -0.1) is 0 Å². The molecule has 5 aliphatic rings. The van der Waals surface area contributed by atoms with E-state index in [0.717, 1.165) is 44.1 Å². The van der Waals surface area contributed by atoms with E-state index in [2.05, 4.69) is 66.7 Å². The molecule has 9 heteroatoms. The number of ether oxygens (including phenoxy) is 4. The molecule has 0 bridgehead atoms. The maximum absolute atomic E-state index is 13.7. The van der Waals surface area contributed by atoms with Crippen LogP contribution in [-0.4, -0.2) is 96.1 Å². The maximum atomic E-state index is 13.7. The first kappa shape index (κ1) is 37.1. The second kappa shape index (κ2) is 13.2. The molecule has 0 spiro atoms. The van der Waals surface area contributed by atoms with E-state index in [1.54, 1.807) is 14.2 Å². The summed E-state index contributed by atoms with van der Waals surface area (Å²) in [7, 11) is 3.51. The third kappa shape index (κ3) is 5.82. The smallest absolute Gasteiger partial charge is 0.187 e. The summed E-state index contributed by atoms with van der Waals surface area (Å²) < 4.78 is 24.1. The highest BCUT2D eigenvalue weighted by Crippen LogP contribution is 2.75. The van der Waals surface area contributed by atoms with Crippen LogP contribution in [0.2, 0.25) is 0 Å². The van der Waals surface area contributed by atoms with Gasteiger partial charge in [0, 0.05) is 31.0 Å². The van der Waals surface area contributed by atoms with Gasteiger partial charge in [-0.1, -0.05) is 58.4 Å². The van der Waals surface area contributed by atoms with Crippen LogP contribution in [0.5, 0.6) is 0 Å². The molecule has 5 rings (SSSR count). The van der Waals surface area contributed by atoms with E-state index < -0.39 is 48.1 Å². The first-order chi connectivity index (χ1) is 22.0. The Hall–Kier alpha value is -1.17. The van der Waals surface area contributed by atoms with Crippen molar-refractivity contribution in [3.05, 3.63) is 23.8 Å². The van der Waals surface area contributed by atoms with Crippen LogP contribution in [0, 0.1) is 45.3 Å². The summed E-state index contributed by atoms with van der Waals surface area (Å²) in [4.78, 5) is 13.7. The second-order valence-corrected chi connectivity index (χ2v) is 17.1. The monoisotopic (exact) mass is 662 g/mol. The predicted octanol–water partition coefficient (Wildman–Crippen LogP) is 4.59. The lowest BCUT2D eigenvalue weighted by Gasteiger charge is -2.66. The summed E-state index contributed by atoms with van der Waals surface area (Å²) in [5.41, 5.74) is -0.255. The van der Waals surface area contributed by atoms with Crippen molar-refractivity contribution in [1.29, 1.82) is 0 Å². The number of rotatable bonds is 10. The van der Waals surface area contributed by atoms with Gasteiger partial charge < -0.3 is 44.2 Å². The van der Waals surface area contributed by atoms with Gasteiger partial charge in [0.25, 0.3) is 0 Å². The molecule has 0 aromatic carbocycles. The zero-order valence-electron chi connectivity index (χ0n) is 30.1. The Kier molecular flexibility index (Phi) is 10.4. The van der Waals surface area contributed by atoms with Crippen LogP contribution in [-0.2, 0) is 23.7 Å². The van der Waals surface area contributed by atoms with E-state index in [4.69, 9.17) is 18.9 Å². The summed E-state index contributed by atoms with van der Waals surface area (Å²) in [5, 5.41) is 41.1. The van der Waals surface area contributed by atoms with E-state index in [1.165, 1.54) is 6.29 Å². The number of aldehydes is 1. The fourth-order valence-corrected chi connectivity index (χ4v) is 11.1. The Labute approximate surface area is 282 Å². The highest BCUT2D eigenvalue weighted by molar-refractivity contribution is 5.65. The zero-order chi connectivity index (χ0) is 34.7. The molecular weight excluding hydrogens is 600 g/mol. The number of methoxy groups -OCH3 is 2. The van der Waals surface area contributed by atoms with Crippen LogP contribution in [0.15, 0.2) is 23.8 Å². The highest BCUT2D eigenvalue weighted by atomic mass is 16.7. The molecule has 4 aliphatic carbocycles. The van der Waals surface area contributed by atoms with Crippen LogP contribution in [0.1, 0.15) is 93.4 Å². The first-order valence-corrected chi connectivity index (χ1v) is 17.9. The Balaban J connectivity index is 1.44. The molecule has 4 N–H and O–H groups in total. The van der Waals surface area contributed by atoms with Crippen LogP contribution in [0.25, 0.3) is 0 Å². The molecule has 0 amide bonds. The van der Waals surface area contributed by atoms with Gasteiger partial charge in [-0.2, -0.15) is 0 Å². The molecule has 1 saturated heterocycles. The minimum absolute atomic E-state index is 0.0399. The van der Waals surface area contributed by atoms with Gasteiger partial charge in [-0.05, 0) is 87.4 Å². The summed E-state index contributed by atoms with van der Waals surface area (Å²) in [5.74, 6) is 1.12.